The first kappa shape index (κ1) is 22.5. The van der Waals surface area contributed by atoms with Gasteiger partial charge in [-0.3, -0.25) is 4.79 Å². The Bertz CT molecular complexity index is 1180. The average Bonchev–Trinajstić information content (AvgIpc) is 3.20. The van der Waals surface area contributed by atoms with E-state index in [1.807, 2.05) is 29.4 Å². The van der Waals surface area contributed by atoms with Crippen LogP contribution < -0.4 is 10.2 Å². The first-order chi connectivity index (χ1) is 16.0. The van der Waals surface area contributed by atoms with Gasteiger partial charge in [-0.15, -0.1) is 0 Å². The predicted octanol–water partition coefficient (Wildman–Crippen LogP) is 3.32. The van der Waals surface area contributed by atoms with Gasteiger partial charge in [0.05, 0.1) is 42.1 Å². The highest BCUT2D eigenvalue weighted by Crippen LogP contribution is 2.32. The Hall–Kier alpha value is -2.32. The molecule has 0 bridgehead atoms. The van der Waals surface area contributed by atoms with Crippen LogP contribution >= 0.6 is 23.2 Å². The Labute approximate surface area is 202 Å². The number of nitrogens with one attached hydrogen (secondary N) is 1. The summed E-state index contributed by atoms with van der Waals surface area (Å²) in [6.45, 7) is 4.81. The van der Waals surface area contributed by atoms with Crippen LogP contribution in [-0.2, 0) is 4.79 Å². The van der Waals surface area contributed by atoms with Gasteiger partial charge in [-0.25, -0.2) is 4.98 Å². The fourth-order valence-electron chi connectivity index (χ4n) is 4.75. The molecule has 1 amide bonds. The van der Waals surface area contributed by atoms with E-state index < -0.39 is 0 Å². The minimum atomic E-state index is -0.221. The molecule has 5 rings (SSSR count). The fourth-order valence-corrected chi connectivity index (χ4v) is 5.31. The number of aromatic nitrogens is 2. The zero-order valence-electron chi connectivity index (χ0n) is 18.4. The number of aliphatic hydroxyl groups is 1. The number of anilines is 1. The third-order valence-electron chi connectivity index (χ3n) is 6.85. The summed E-state index contributed by atoms with van der Waals surface area (Å²) in [7, 11) is 0. The molecule has 7 nitrogen and oxygen atoms in total. The van der Waals surface area contributed by atoms with Crippen molar-refractivity contribution in [2.75, 3.05) is 37.7 Å². The maximum atomic E-state index is 12.7. The SMILES string of the molecule is CC(c1ccc(Cl)cc1Cl)n1cnc2ccc(N3CCN(C(=O)[C@H]4CCN4)[C@H](CO)C3)cc21. The second-order valence-electron chi connectivity index (χ2n) is 8.78. The maximum Gasteiger partial charge on any atom is 0.240 e. The summed E-state index contributed by atoms with van der Waals surface area (Å²) in [6, 6.07) is 11.4. The van der Waals surface area contributed by atoms with Crippen molar-refractivity contribution in [1.82, 2.24) is 19.8 Å². The Balaban J connectivity index is 1.40. The molecule has 2 aliphatic rings. The van der Waals surface area contributed by atoms with Gasteiger partial charge in [0, 0.05) is 35.4 Å². The molecule has 1 unspecified atom stereocenters. The zero-order valence-corrected chi connectivity index (χ0v) is 19.9. The van der Waals surface area contributed by atoms with Crippen LogP contribution in [0.4, 0.5) is 5.69 Å². The number of rotatable bonds is 5. The maximum absolute atomic E-state index is 12.7. The quantitative estimate of drug-likeness (QED) is 0.577. The van der Waals surface area contributed by atoms with E-state index in [2.05, 4.69) is 38.8 Å². The van der Waals surface area contributed by atoms with Gasteiger partial charge in [0.2, 0.25) is 5.91 Å². The Kier molecular flexibility index (Phi) is 6.22. The van der Waals surface area contributed by atoms with Crippen LogP contribution in [-0.4, -0.2) is 70.3 Å². The van der Waals surface area contributed by atoms with Gasteiger partial charge in [0.1, 0.15) is 0 Å². The molecule has 174 valence electrons. The minimum Gasteiger partial charge on any atom is -0.394 e. The van der Waals surface area contributed by atoms with Crippen LogP contribution in [0.1, 0.15) is 24.9 Å². The summed E-state index contributed by atoms with van der Waals surface area (Å²) in [5, 5.41) is 14.4. The molecule has 3 aromatic rings. The van der Waals surface area contributed by atoms with Crippen LogP contribution in [0.15, 0.2) is 42.7 Å². The third-order valence-corrected chi connectivity index (χ3v) is 7.41. The highest BCUT2D eigenvalue weighted by Gasteiger charge is 2.36. The second kappa shape index (κ2) is 9.14. The summed E-state index contributed by atoms with van der Waals surface area (Å²) < 4.78 is 2.11. The van der Waals surface area contributed by atoms with Gasteiger partial charge in [-0.05, 0) is 55.8 Å². The summed E-state index contributed by atoms with van der Waals surface area (Å²) in [6.07, 6.45) is 2.70. The summed E-state index contributed by atoms with van der Waals surface area (Å²) in [5.74, 6) is 0.0992. The third kappa shape index (κ3) is 4.19. The molecule has 2 aromatic carbocycles. The van der Waals surface area contributed by atoms with Crippen molar-refractivity contribution >= 4 is 45.8 Å². The molecular formula is C24H27Cl2N5O2. The van der Waals surface area contributed by atoms with Gasteiger partial charge >= 0.3 is 0 Å². The molecule has 2 fully saturated rings. The van der Waals surface area contributed by atoms with Crippen LogP contribution in [0, 0.1) is 0 Å². The topological polar surface area (TPSA) is 73.6 Å². The van der Waals surface area contributed by atoms with Gasteiger partial charge in [0.25, 0.3) is 0 Å². The van der Waals surface area contributed by atoms with Gasteiger partial charge in [-0.1, -0.05) is 29.3 Å². The molecule has 3 heterocycles. The number of aliphatic hydroxyl groups excluding tert-OH is 1. The highest BCUT2D eigenvalue weighted by molar-refractivity contribution is 6.35. The molecule has 0 saturated carbocycles. The van der Waals surface area contributed by atoms with Crippen LogP contribution in [0.5, 0.6) is 0 Å². The summed E-state index contributed by atoms with van der Waals surface area (Å²) in [4.78, 5) is 21.4. The van der Waals surface area contributed by atoms with Crippen molar-refractivity contribution < 1.29 is 9.90 Å². The number of piperazine rings is 1. The Morgan fingerprint density at radius 1 is 1.24 bits per heavy atom. The van der Waals surface area contributed by atoms with E-state index in [1.54, 1.807) is 6.07 Å². The first-order valence-corrected chi connectivity index (χ1v) is 12.0. The van der Waals surface area contributed by atoms with E-state index in [1.165, 1.54) is 0 Å². The molecule has 2 saturated heterocycles. The largest absolute Gasteiger partial charge is 0.394 e. The van der Waals surface area contributed by atoms with Crippen LogP contribution in [0.3, 0.4) is 0 Å². The first-order valence-electron chi connectivity index (χ1n) is 11.3. The molecule has 9 heteroatoms. The van der Waals surface area contributed by atoms with E-state index in [4.69, 9.17) is 23.2 Å². The molecule has 0 spiro atoms. The van der Waals surface area contributed by atoms with E-state index in [9.17, 15) is 9.90 Å². The average molecular weight is 488 g/mol. The molecule has 0 radical (unpaired) electrons. The molecule has 1 aromatic heterocycles. The smallest absolute Gasteiger partial charge is 0.240 e. The van der Waals surface area contributed by atoms with Crippen LogP contribution in [0.25, 0.3) is 11.0 Å². The molecule has 33 heavy (non-hydrogen) atoms. The second-order valence-corrected chi connectivity index (χ2v) is 9.62. The van der Waals surface area contributed by atoms with E-state index in [0.717, 1.165) is 35.2 Å². The number of nitrogens with zero attached hydrogens (tertiary/aromatic N) is 4. The number of benzene rings is 2. The Morgan fingerprint density at radius 2 is 2.06 bits per heavy atom. The number of hydrogen-bond acceptors (Lipinski definition) is 5. The molecular weight excluding hydrogens is 461 g/mol. The van der Waals surface area contributed by atoms with Crippen molar-refractivity contribution in [3.05, 3.63) is 58.3 Å². The number of imidazole rings is 1. The van der Waals surface area contributed by atoms with E-state index >= 15 is 0 Å². The van der Waals surface area contributed by atoms with Crippen molar-refractivity contribution in [3.8, 4) is 0 Å². The fraction of sp³-hybridized carbons (Fsp3) is 0.417. The number of carbonyl (C=O) groups is 1. The minimum absolute atomic E-state index is 0.0235. The predicted molar refractivity (Wildman–Crippen MR) is 131 cm³/mol. The summed E-state index contributed by atoms with van der Waals surface area (Å²) in [5.41, 5.74) is 3.93. The molecule has 2 aliphatic heterocycles. The lowest BCUT2D eigenvalue weighted by Gasteiger charge is -2.44. The molecule has 2 N–H and O–H groups in total. The molecule has 0 aliphatic carbocycles. The van der Waals surface area contributed by atoms with Crippen molar-refractivity contribution in [2.24, 2.45) is 0 Å². The Morgan fingerprint density at radius 3 is 2.76 bits per heavy atom. The standard InChI is InChI=1S/C24H27Cl2N5O2/c1-15(19-4-2-16(25)10-20(19)26)31-14-28-21-5-3-17(11-23(21)31)29-8-9-30(18(12-29)13-32)24(33)22-6-7-27-22/h2-5,10-11,14-15,18,22,27,32H,6-9,12-13H2,1H3/t15?,18-,22+/m0/s1. The molecule has 3 atom stereocenters. The van der Waals surface area contributed by atoms with E-state index in [0.29, 0.717) is 29.7 Å². The lowest BCUT2D eigenvalue weighted by atomic mass is 10.0. The normalized spacial score (nSPS) is 21.8. The van der Waals surface area contributed by atoms with Crippen molar-refractivity contribution in [1.29, 1.82) is 0 Å². The number of amides is 1. The zero-order chi connectivity index (χ0) is 23.1. The van der Waals surface area contributed by atoms with E-state index in [-0.39, 0.29) is 30.6 Å². The van der Waals surface area contributed by atoms with Crippen molar-refractivity contribution in [3.63, 3.8) is 0 Å². The highest BCUT2D eigenvalue weighted by atomic mass is 35.5. The van der Waals surface area contributed by atoms with Crippen molar-refractivity contribution in [2.45, 2.75) is 31.5 Å². The lowest BCUT2D eigenvalue weighted by molar-refractivity contribution is -0.139. The van der Waals surface area contributed by atoms with Gasteiger partial charge < -0.3 is 24.8 Å². The van der Waals surface area contributed by atoms with Crippen LogP contribution in [0.2, 0.25) is 10.0 Å². The number of fused-ring (bicyclic) bond motifs is 1. The van der Waals surface area contributed by atoms with Gasteiger partial charge in [0.15, 0.2) is 0 Å². The number of halogens is 2. The summed E-state index contributed by atoms with van der Waals surface area (Å²) >= 11 is 12.5. The van der Waals surface area contributed by atoms with Gasteiger partial charge in [-0.2, -0.15) is 0 Å². The number of hydrogen-bond donors (Lipinski definition) is 2. The monoisotopic (exact) mass is 487 g/mol. The number of carbonyl (C=O) groups excluding carboxylic acids is 1. The lowest BCUT2D eigenvalue weighted by Crippen LogP contribution is -2.63.